The van der Waals surface area contributed by atoms with Crippen molar-refractivity contribution in [2.45, 2.75) is 18.8 Å². The number of alkyl halides is 6. The molecular formula is C33H39F6N9O9. The highest BCUT2D eigenvalue weighted by atomic mass is 19.4. The average Bonchev–Trinajstić information content (AvgIpc) is 3.86. The van der Waals surface area contributed by atoms with E-state index in [1.807, 2.05) is 21.9 Å². The number of aliphatic carboxylic acids is 2. The second-order valence-electron chi connectivity index (χ2n) is 11.9. The van der Waals surface area contributed by atoms with Gasteiger partial charge in [0.2, 0.25) is 11.9 Å². The minimum atomic E-state index is -5.08. The topological polar surface area (TPSA) is 243 Å². The molecule has 0 radical (unpaired) electrons. The number of hydrogen-bond donors (Lipinski definition) is 5. The molecule has 0 saturated carbocycles. The Hall–Kier alpha value is -6.04. The average molecular weight is 820 g/mol. The summed E-state index contributed by atoms with van der Waals surface area (Å²) in [5, 5.41) is 24.0. The van der Waals surface area contributed by atoms with Gasteiger partial charge in [0.15, 0.2) is 23.0 Å². The quantitative estimate of drug-likeness (QED) is 0.199. The van der Waals surface area contributed by atoms with Crippen molar-refractivity contribution in [3.8, 4) is 23.0 Å². The molecule has 0 aromatic heterocycles. The maximum Gasteiger partial charge on any atom is 0.490 e. The molecule has 57 heavy (non-hydrogen) atoms. The van der Waals surface area contributed by atoms with E-state index in [2.05, 4.69) is 24.9 Å². The van der Waals surface area contributed by atoms with Gasteiger partial charge in [0, 0.05) is 43.9 Å². The first-order valence-electron chi connectivity index (χ1n) is 16.9. The second-order valence-corrected chi connectivity index (χ2v) is 11.9. The lowest BCUT2D eigenvalue weighted by atomic mass is 10.1. The molecule has 0 amide bonds. The predicted molar refractivity (Wildman–Crippen MR) is 191 cm³/mol. The van der Waals surface area contributed by atoms with E-state index < -0.39 is 24.3 Å². The molecule has 1 saturated heterocycles. The maximum absolute atomic E-state index is 10.6. The first-order valence-corrected chi connectivity index (χ1v) is 16.9. The van der Waals surface area contributed by atoms with Crippen LogP contribution in [0.15, 0.2) is 44.2 Å². The number of carbonyl (C=O) groups is 2. The minimum absolute atomic E-state index is 0.0508. The largest absolute Gasteiger partial charge is 0.504 e. The summed E-state index contributed by atoms with van der Waals surface area (Å²) < 4.78 is 85.6. The smallest absolute Gasteiger partial charge is 0.490 e. The molecule has 312 valence electrons. The summed E-state index contributed by atoms with van der Waals surface area (Å²) in [6.45, 7) is 8.20. The lowest BCUT2D eigenvalue weighted by Gasteiger charge is -2.27. The van der Waals surface area contributed by atoms with Crippen molar-refractivity contribution in [3.05, 3.63) is 35.4 Å². The number of hydrogen-bond acceptors (Lipinski definition) is 16. The molecule has 0 aliphatic carbocycles. The van der Waals surface area contributed by atoms with Crippen LogP contribution in [0.1, 0.15) is 17.5 Å². The monoisotopic (exact) mass is 819 g/mol. The molecule has 7 rings (SSSR count). The van der Waals surface area contributed by atoms with Gasteiger partial charge < -0.3 is 45.7 Å². The van der Waals surface area contributed by atoms with Gasteiger partial charge in [-0.15, -0.1) is 0 Å². The second kappa shape index (κ2) is 18.7. The van der Waals surface area contributed by atoms with Gasteiger partial charge in [0.05, 0.1) is 47.1 Å². The number of rotatable bonds is 7. The zero-order valence-corrected chi connectivity index (χ0v) is 30.4. The number of carboxylic acids is 2. The van der Waals surface area contributed by atoms with Gasteiger partial charge in [0.1, 0.15) is 23.0 Å². The Bertz CT molecular complexity index is 1890. The van der Waals surface area contributed by atoms with Gasteiger partial charge in [-0.25, -0.2) is 19.6 Å². The number of nitrogens with two attached hydrogens (primary N) is 2. The van der Waals surface area contributed by atoms with Crippen LogP contribution in [-0.2, 0) is 14.3 Å². The number of fused-ring (bicyclic) bond motifs is 6. The van der Waals surface area contributed by atoms with E-state index in [4.69, 9.17) is 50.2 Å². The third-order valence-electron chi connectivity index (χ3n) is 8.25. The zero-order valence-electron chi connectivity index (χ0n) is 30.4. The number of aromatic hydroxyl groups is 1. The lowest BCUT2D eigenvalue weighted by molar-refractivity contribution is -0.193. The van der Waals surface area contributed by atoms with Gasteiger partial charge in [-0.2, -0.15) is 26.3 Å². The fourth-order valence-electron chi connectivity index (χ4n) is 5.65. The van der Waals surface area contributed by atoms with Crippen molar-refractivity contribution in [3.63, 3.8) is 0 Å². The van der Waals surface area contributed by atoms with E-state index >= 15 is 0 Å². The van der Waals surface area contributed by atoms with Crippen molar-refractivity contribution in [1.82, 2.24) is 14.7 Å². The molecule has 1 fully saturated rings. The van der Waals surface area contributed by atoms with Crippen LogP contribution >= 0.6 is 0 Å². The number of benzene rings is 2. The normalized spacial score (nSPS) is 16.8. The summed E-state index contributed by atoms with van der Waals surface area (Å²) in [6.07, 6.45) is -9.22. The van der Waals surface area contributed by atoms with E-state index in [1.165, 1.54) is 7.11 Å². The molecule has 7 N–H and O–H groups in total. The minimum Gasteiger partial charge on any atom is -0.504 e. The molecule has 0 atom stereocenters. The van der Waals surface area contributed by atoms with Crippen molar-refractivity contribution in [2.24, 2.45) is 31.4 Å². The number of guanidine groups is 2. The number of ether oxygens (including phenoxy) is 4. The number of methoxy groups -OCH3 is 2. The fourth-order valence-corrected chi connectivity index (χ4v) is 5.65. The van der Waals surface area contributed by atoms with E-state index in [1.54, 1.807) is 19.2 Å². The first-order chi connectivity index (χ1) is 26.9. The van der Waals surface area contributed by atoms with Gasteiger partial charge in [0.25, 0.3) is 0 Å². The highest BCUT2D eigenvalue weighted by Crippen LogP contribution is 2.44. The Morgan fingerprint density at radius 1 is 0.772 bits per heavy atom. The molecule has 2 aromatic carbocycles. The van der Waals surface area contributed by atoms with E-state index in [-0.39, 0.29) is 5.75 Å². The number of aliphatic imine (C=N–C) groups is 4. The Labute approximate surface area is 320 Å². The third kappa shape index (κ3) is 10.8. The maximum atomic E-state index is 10.6. The van der Waals surface area contributed by atoms with E-state index in [9.17, 15) is 31.4 Å². The summed E-state index contributed by atoms with van der Waals surface area (Å²) in [7, 11) is 3.12. The number of halogens is 6. The number of phenolic OH excluding ortho intramolecular Hbond substituents is 1. The van der Waals surface area contributed by atoms with Crippen LogP contribution < -0.4 is 25.7 Å². The SMILES string of the molecule is COc1c(O)ccc2c1N=C(N)N1CCN=C21.COc1c(OCCCN2CCOCC2)ccc2c1N=C(N)N1CCN=C21.O=C(O)C(F)(F)F.O=C(O)C(F)(F)F. The van der Waals surface area contributed by atoms with E-state index in [0.29, 0.717) is 53.7 Å². The van der Waals surface area contributed by atoms with Gasteiger partial charge in [-0.3, -0.25) is 24.7 Å². The molecule has 24 heteroatoms. The number of morpholine rings is 1. The van der Waals surface area contributed by atoms with Crippen LogP contribution in [0.4, 0.5) is 37.7 Å². The number of carboxylic acid groups (broad SMARTS) is 2. The van der Waals surface area contributed by atoms with Crippen LogP contribution in [0.25, 0.3) is 0 Å². The highest BCUT2D eigenvalue weighted by Gasteiger charge is 2.39. The molecule has 0 spiro atoms. The van der Waals surface area contributed by atoms with Gasteiger partial charge >= 0.3 is 24.3 Å². The molecule has 2 aromatic rings. The van der Waals surface area contributed by atoms with Crippen molar-refractivity contribution < 1.29 is 70.2 Å². The fraction of sp³-hybridized carbons (Fsp3) is 0.455. The van der Waals surface area contributed by atoms with Crippen LogP contribution in [0.3, 0.4) is 0 Å². The Morgan fingerprint density at radius 2 is 1.23 bits per heavy atom. The predicted octanol–water partition coefficient (Wildman–Crippen LogP) is 2.51. The molecule has 0 unspecified atom stereocenters. The summed E-state index contributed by atoms with van der Waals surface area (Å²) in [5.41, 5.74) is 15.0. The molecule has 5 aliphatic rings. The van der Waals surface area contributed by atoms with Crippen molar-refractivity contribution >= 4 is 46.9 Å². The van der Waals surface area contributed by atoms with Crippen LogP contribution in [-0.4, -0.2) is 158 Å². The first kappa shape index (κ1) is 43.7. The summed E-state index contributed by atoms with van der Waals surface area (Å²) >= 11 is 0. The van der Waals surface area contributed by atoms with Crippen LogP contribution in [0, 0.1) is 0 Å². The van der Waals surface area contributed by atoms with Crippen LogP contribution in [0.5, 0.6) is 23.0 Å². The van der Waals surface area contributed by atoms with Gasteiger partial charge in [-0.1, -0.05) is 0 Å². The Morgan fingerprint density at radius 3 is 1.68 bits per heavy atom. The Kier molecular flexibility index (Phi) is 14.4. The zero-order chi connectivity index (χ0) is 42.1. The molecule has 5 heterocycles. The van der Waals surface area contributed by atoms with Crippen molar-refractivity contribution in [1.29, 1.82) is 0 Å². The summed E-state index contributed by atoms with van der Waals surface area (Å²) in [4.78, 5) is 41.7. The summed E-state index contributed by atoms with van der Waals surface area (Å²) in [6, 6.07) is 7.28. The molecular weight excluding hydrogens is 780 g/mol. The van der Waals surface area contributed by atoms with Crippen molar-refractivity contribution in [2.75, 3.05) is 79.9 Å². The lowest BCUT2D eigenvalue weighted by Crippen LogP contribution is -2.42. The molecule has 5 aliphatic heterocycles. The number of phenols is 1. The van der Waals surface area contributed by atoms with Gasteiger partial charge in [-0.05, 0) is 30.7 Å². The number of nitrogens with zero attached hydrogens (tertiary/aromatic N) is 7. The molecule has 18 nitrogen and oxygen atoms in total. The summed E-state index contributed by atoms with van der Waals surface area (Å²) in [5.74, 6) is -1.32. The Balaban J connectivity index is 0.000000198. The third-order valence-corrected chi connectivity index (χ3v) is 8.25. The van der Waals surface area contributed by atoms with E-state index in [0.717, 1.165) is 81.7 Å². The standard InChI is InChI=1S/C18H25N5O3.C11H12N4O2.2C2HF3O2/c1-24-16-14(26-10-2-6-22-8-11-25-12-9-22)4-3-13-15(16)21-18(19)23-7-5-20-17(13)23;1-17-9-7(16)3-2-6-8(9)14-11(12)15-5-4-13-10(6)15;2*3-2(4,5)1(6)7/h3-4H,2,5-12H2,1H3,(H2,19,21);2-3,16H,4-5H2,1H3,(H2,12,14);2*(H,6,7). The molecule has 0 bridgehead atoms. The number of amidine groups is 2. The van der Waals surface area contributed by atoms with Crippen LogP contribution in [0.2, 0.25) is 0 Å². The highest BCUT2D eigenvalue weighted by molar-refractivity contribution is 6.17.